The summed E-state index contributed by atoms with van der Waals surface area (Å²) in [6.45, 7) is 6.50. The lowest BCUT2D eigenvalue weighted by Crippen LogP contribution is -2.09. The topological polar surface area (TPSA) is 35.6 Å². The lowest BCUT2D eigenvalue weighted by atomic mass is 10.2. The molecule has 3 heterocycles. The molecular weight excluding hydrogens is 344 g/mol. The van der Waals surface area contributed by atoms with Crippen LogP contribution in [-0.2, 0) is 0 Å². The van der Waals surface area contributed by atoms with Crippen LogP contribution in [0.4, 0.5) is 0 Å². The Balaban J connectivity index is 0.000000442. The molecule has 140 valence electrons. The van der Waals surface area contributed by atoms with E-state index in [1.54, 1.807) is 0 Å². The van der Waals surface area contributed by atoms with E-state index in [1.165, 1.54) is 0 Å². The van der Waals surface area contributed by atoms with Gasteiger partial charge in [0.25, 0.3) is 0 Å². The number of pyridine rings is 1. The minimum Gasteiger partial charge on any atom is -0.254 e. The van der Waals surface area contributed by atoms with Crippen molar-refractivity contribution < 1.29 is 0 Å². The maximum absolute atomic E-state index is 4.59. The van der Waals surface area contributed by atoms with Gasteiger partial charge in [0.1, 0.15) is 0 Å². The Morgan fingerprint density at radius 3 is 2.18 bits per heavy atom. The number of rotatable bonds is 2. The van der Waals surface area contributed by atoms with Crippen LogP contribution in [0.2, 0.25) is 0 Å². The standard InChI is InChI=1S/C20H14N4.C4H10/c1-2-7-15(8-3-1)20-22-13-14-23(20)24-17-10-5-4-9-16(17)19-18(24)11-6-12-21-19;1-4(2)3/h1-14H;4H,1-3H3. The molecule has 0 N–H and O–H groups in total. The highest BCUT2D eigenvalue weighted by atomic mass is 15.5. The minimum absolute atomic E-state index is 0.833. The van der Waals surface area contributed by atoms with Crippen molar-refractivity contribution in [1.82, 2.24) is 19.3 Å². The Morgan fingerprint density at radius 2 is 1.39 bits per heavy atom. The van der Waals surface area contributed by atoms with Crippen LogP contribution in [-0.4, -0.2) is 19.3 Å². The van der Waals surface area contributed by atoms with Gasteiger partial charge in [-0.1, -0.05) is 69.3 Å². The third-order valence-electron chi connectivity index (χ3n) is 4.27. The lowest BCUT2D eigenvalue weighted by molar-refractivity contribution is 0.720. The second-order valence-corrected chi connectivity index (χ2v) is 7.39. The Morgan fingerprint density at radius 1 is 0.714 bits per heavy atom. The van der Waals surface area contributed by atoms with Crippen molar-refractivity contribution in [3.05, 3.63) is 85.3 Å². The first-order valence-corrected chi connectivity index (χ1v) is 9.60. The van der Waals surface area contributed by atoms with Crippen LogP contribution >= 0.6 is 0 Å². The fourth-order valence-corrected chi connectivity index (χ4v) is 3.25. The van der Waals surface area contributed by atoms with E-state index >= 15 is 0 Å². The van der Waals surface area contributed by atoms with Gasteiger partial charge in [-0.3, -0.25) is 4.98 Å². The number of hydrogen-bond acceptors (Lipinski definition) is 2. The van der Waals surface area contributed by atoms with Gasteiger partial charge >= 0.3 is 0 Å². The van der Waals surface area contributed by atoms with Crippen molar-refractivity contribution in [1.29, 1.82) is 0 Å². The van der Waals surface area contributed by atoms with Crippen LogP contribution in [0.25, 0.3) is 33.3 Å². The minimum atomic E-state index is 0.833. The summed E-state index contributed by atoms with van der Waals surface area (Å²) in [5, 5.41) is 1.14. The highest BCUT2D eigenvalue weighted by Crippen LogP contribution is 2.29. The van der Waals surface area contributed by atoms with Crippen LogP contribution in [0.15, 0.2) is 85.3 Å². The summed E-state index contributed by atoms with van der Waals surface area (Å²) in [5.74, 6) is 1.74. The largest absolute Gasteiger partial charge is 0.254 e. The molecule has 2 aromatic carbocycles. The van der Waals surface area contributed by atoms with Crippen molar-refractivity contribution in [2.75, 3.05) is 0 Å². The number of hydrogen-bond donors (Lipinski definition) is 0. The molecule has 28 heavy (non-hydrogen) atoms. The quantitative estimate of drug-likeness (QED) is 0.381. The molecule has 0 saturated heterocycles. The predicted octanol–water partition coefficient (Wildman–Crippen LogP) is 6.03. The van der Waals surface area contributed by atoms with E-state index in [0.717, 1.165) is 39.2 Å². The molecule has 3 aromatic heterocycles. The number of benzene rings is 2. The average Bonchev–Trinajstić information content (AvgIpc) is 3.30. The van der Waals surface area contributed by atoms with Crippen molar-refractivity contribution in [3.63, 3.8) is 0 Å². The molecule has 0 radical (unpaired) electrons. The molecule has 0 aliphatic rings. The van der Waals surface area contributed by atoms with Gasteiger partial charge in [0.15, 0.2) is 5.82 Å². The first-order chi connectivity index (χ1) is 13.7. The Labute approximate surface area is 165 Å². The number of fused-ring (bicyclic) bond motifs is 3. The van der Waals surface area contributed by atoms with Gasteiger partial charge in [0, 0.05) is 29.5 Å². The number of imidazole rings is 1. The SMILES string of the molecule is CC(C)C.c1ccc(-c2nccn2-n2c3ccccc3c3ncccc32)cc1. The average molecular weight is 368 g/mol. The van der Waals surface area contributed by atoms with Gasteiger partial charge in [-0.05, 0) is 24.1 Å². The first kappa shape index (κ1) is 18.0. The van der Waals surface area contributed by atoms with E-state index in [4.69, 9.17) is 0 Å². The summed E-state index contributed by atoms with van der Waals surface area (Å²) in [6.07, 6.45) is 5.66. The smallest absolute Gasteiger partial charge is 0.159 e. The zero-order valence-electron chi connectivity index (χ0n) is 16.4. The maximum atomic E-state index is 4.59. The van der Waals surface area contributed by atoms with Gasteiger partial charge < -0.3 is 0 Å². The third-order valence-corrected chi connectivity index (χ3v) is 4.27. The van der Waals surface area contributed by atoms with Crippen LogP contribution in [0.3, 0.4) is 0 Å². The van der Waals surface area contributed by atoms with Gasteiger partial charge in [-0.15, -0.1) is 0 Å². The highest BCUT2D eigenvalue weighted by Gasteiger charge is 2.15. The summed E-state index contributed by atoms with van der Waals surface area (Å²) in [6, 6.07) is 22.6. The van der Waals surface area contributed by atoms with Crippen molar-refractivity contribution in [2.24, 2.45) is 5.92 Å². The number of aromatic nitrogens is 4. The number of nitrogens with zero attached hydrogens (tertiary/aromatic N) is 4. The van der Waals surface area contributed by atoms with Crippen LogP contribution < -0.4 is 0 Å². The van der Waals surface area contributed by atoms with Crippen molar-refractivity contribution in [2.45, 2.75) is 20.8 Å². The molecule has 0 aliphatic heterocycles. The molecule has 0 fully saturated rings. The van der Waals surface area contributed by atoms with Crippen LogP contribution in [0, 0.1) is 5.92 Å². The van der Waals surface area contributed by atoms with Crippen molar-refractivity contribution in [3.8, 4) is 11.4 Å². The fraction of sp³-hybridized carbons (Fsp3) is 0.167. The zero-order valence-corrected chi connectivity index (χ0v) is 16.4. The van der Waals surface area contributed by atoms with Gasteiger partial charge in [-0.2, -0.15) is 0 Å². The maximum Gasteiger partial charge on any atom is 0.159 e. The molecule has 0 aliphatic carbocycles. The lowest BCUT2D eigenvalue weighted by Gasteiger charge is -2.12. The Bertz CT molecular complexity index is 1140. The zero-order chi connectivity index (χ0) is 19.5. The summed E-state index contributed by atoms with van der Waals surface area (Å²) in [4.78, 5) is 9.17. The van der Waals surface area contributed by atoms with E-state index < -0.39 is 0 Å². The molecule has 0 saturated carbocycles. The summed E-state index contributed by atoms with van der Waals surface area (Å²) in [7, 11) is 0. The Hall–Kier alpha value is -3.40. The van der Waals surface area contributed by atoms with Gasteiger partial charge in [-0.25, -0.2) is 14.3 Å². The summed E-state index contributed by atoms with van der Waals surface area (Å²) < 4.78 is 4.26. The molecule has 5 aromatic rings. The van der Waals surface area contributed by atoms with E-state index in [-0.39, 0.29) is 0 Å². The van der Waals surface area contributed by atoms with Gasteiger partial charge in [0.05, 0.1) is 16.6 Å². The van der Waals surface area contributed by atoms with Crippen molar-refractivity contribution >= 4 is 21.9 Å². The molecule has 0 bridgehead atoms. The van der Waals surface area contributed by atoms with Crippen LogP contribution in [0.1, 0.15) is 20.8 Å². The molecule has 4 nitrogen and oxygen atoms in total. The van der Waals surface area contributed by atoms with Crippen LogP contribution in [0.5, 0.6) is 0 Å². The Kier molecular flexibility index (Phi) is 4.94. The predicted molar refractivity (Wildman–Crippen MR) is 116 cm³/mol. The summed E-state index contributed by atoms with van der Waals surface area (Å²) in [5.41, 5.74) is 4.26. The summed E-state index contributed by atoms with van der Waals surface area (Å²) >= 11 is 0. The molecule has 0 spiro atoms. The highest BCUT2D eigenvalue weighted by molar-refractivity contribution is 6.05. The van der Waals surface area contributed by atoms with E-state index in [1.807, 2.05) is 48.9 Å². The fourth-order valence-electron chi connectivity index (χ4n) is 3.25. The second-order valence-electron chi connectivity index (χ2n) is 7.39. The second kappa shape index (κ2) is 7.69. The van der Waals surface area contributed by atoms with E-state index in [9.17, 15) is 0 Å². The third kappa shape index (κ3) is 3.29. The molecule has 4 heteroatoms. The first-order valence-electron chi connectivity index (χ1n) is 9.60. The normalized spacial score (nSPS) is 11.0. The molecule has 0 atom stereocenters. The van der Waals surface area contributed by atoms with Gasteiger partial charge in [0.2, 0.25) is 0 Å². The molecule has 5 rings (SSSR count). The molecular formula is C24H24N4. The monoisotopic (exact) mass is 368 g/mol. The number of para-hydroxylation sites is 1. The molecule has 0 unspecified atom stereocenters. The van der Waals surface area contributed by atoms with E-state index in [0.29, 0.717) is 0 Å². The van der Waals surface area contributed by atoms with E-state index in [2.05, 4.69) is 76.5 Å². The molecule has 0 amide bonds.